The number of benzene rings is 1. The number of aryl methyl sites for hydroxylation is 1. The number of urea groups is 1. The van der Waals surface area contributed by atoms with Crippen molar-refractivity contribution in [3.8, 4) is 5.69 Å². The Labute approximate surface area is 186 Å². The van der Waals surface area contributed by atoms with Crippen molar-refractivity contribution in [1.82, 2.24) is 20.4 Å². The van der Waals surface area contributed by atoms with Crippen LogP contribution in [0.3, 0.4) is 0 Å². The van der Waals surface area contributed by atoms with E-state index in [1.165, 1.54) is 7.11 Å². The first-order valence-electron chi connectivity index (χ1n) is 10.1. The summed E-state index contributed by atoms with van der Waals surface area (Å²) in [7, 11) is 1.36. The van der Waals surface area contributed by atoms with Crippen LogP contribution in [0.2, 0.25) is 0 Å². The molecular formula is C22H28N4O6. The molecule has 32 heavy (non-hydrogen) atoms. The Kier molecular flexibility index (Phi) is 8.51. The van der Waals surface area contributed by atoms with E-state index < -0.39 is 24.5 Å². The number of amides is 3. The van der Waals surface area contributed by atoms with Crippen molar-refractivity contribution in [1.29, 1.82) is 0 Å². The number of hydrogen-bond donors (Lipinski definition) is 2. The summed E-state index contributed by atoms with van der Waals surface area (Å²) in [6.07, 6.45) is 0.785. The molecule has 0 aliphatic rings. The molecule has 0 atom stereocenters. The Morgan fingerprint density at radius 2 is 1.75 bits per heavy atom. The van der Waals surface area contributed by atoms with Gasteiger partial charge < -0.3 is 14.8 Å². The lowest BCUT2D eigenvalue weighted by atomic mass is 10.1. The highest BCUT2D eigenvalue weighted by Gasteiger charge is 2.16. The van der Waals surface area contributed by atoms with Gasteiger partial charge in [0, 0.05) is 18.2 Å². The van der Waals surface area contributed by atoms with Crippen molar-refractivity contribution in [2.45, 2.75) is 46.6 Å². The maximum absolute atomic E-state index is 12.2. The lowest BCUT2D eigenvalue weighted by Crippen LogP contribution is -2.44. The summed E-state index contributed by atoms with van der Waals surface area (Å²) in [4.78, 5) is 46.8. The molecule has 0 saturated heterocycles. The van der Waals surface area contributed by atoms with Gasteiger partial charge in [-0.05, 0) is 63.9 Å². The molecule has 0 fully saturated rings. The monoisotopic (exact) mass is 444 g/mol. The van der Waals surface area contributed by atoms with Gasteiger partial charge in [0.05, 0.1) is 24.1 Å². The fourth-order valence-corrected chi connectivity index (χ4v) is 3.03. The van der Waals surface area contributed by atoms with Gasteiger partial charge in [0.15, 0.2) is 6.61 Å². The van der Waals surface area contributed by atoms with Crippen LogP contribution in [0.4, 0.5) is 4.79 Å². The maximum atomic E-state index is 12.2. The van der Waals surface area contributed by atoms with Gasteiger partial charge >= 0.3 is 18.0 Å². The third-order valence-corrected chi connectivity index (χ3v) is 4.60. The topological polar surface area (TPSA) is 129 Å². The Morgan fingerprint density at radius 3 is 2.34 bits per heavy atom. The van der Waals surface area contributed by atoms with Gasteiger partial charge in [-0.1, -0.05) is 0 Å². The molecule has 1 heterocycles. The van der Waals surface area contributed by atoms with Crippen LogP contribution in [0.1, 0.15) is 47.6 Å². The quantitative estimate of drug-likeness (QED) is 0.596. The zero-order chi connectivity index (χ0) is 23.8. The maximum Gasteiger partial charge on any atom is 0.338 e. The Morgan fingerprint density at radius 1 is 1.09 bits per heavy atom. The van der Waals surface area contributed by atoms with Gasteiger partial charge in [0.1, 0.15) is 0 Å². The number of carbonyl (C=O) groups excluding carboxylic acids is 4. The van der Waals surface area contributed by atoms with E-state index in [1.807, 2.05) is 13.8 Å². The van der Waals surface area contributed by atoms with E-state index in [-0.39, 0.29) is 24.0 Å². The minimum Gasteiger partial charge on any atom is -0.469 e. The zero-order valence-corrected chi connectivity index (χ0v) is 18.9. The summed E-state index contributed by atoms with van der Waals surface area (Å²) in [6.45, 7) is 6.70. The molecule has 2 rings (SSSR count). The average Bonchev–Trinajstić information content (AvgIpc) is 3.03. The second-order valence-electron chi connectivity index (χ2n) is 7.44. The number of carbonyl (C=O) groups is 4. The number of hydrogen-bond acceptors (Lipinski definition) is 7. The Hall–Kier alpha value is -3.69. The summed E-state index contributed by atoms with van der Waals surface area (Å²) < 4.78 is 11.4. The highest BCUT2D eigenvalue weighted by atomic mass is 16.5. The van der Waals surface area contributed by atoms with Crippen LogP contribution in [0.15, 0.2) is 24.3 Å². The van der Waals surface area contributed by atoms with Gasteiger partial charge in [-0.15, -0.1) is 0 Å². The fourth-order valence-electron chi connectivity index (χ4n) is 3.03. The highest BCUT2D eigenvalue weighted by molar-refractivity contribution is 5.97. The van der Waals surface area contributed by atoms with Crippen LogP contribution >= 0.6 is 0 Å². The lowest BCUT2D eigenvalue weighted by molar-refractivity contribution is -0.140. The van der Waals surface area contributed by atoms with Crippen LogP contribution in [-0.4, -0.2) is 53.4 Å². The smallest absolute Gasteiger partial charge is 0.338 e. The van der Waals surface area contributed by atoms with Gasteiger partial charge in [-0.25, -0.2) is 14.3 Å². The van der Waals surface area contributed by atoms with Crippen molar-refractivity contribution in [3.63, 3.8) is 0 Å². The van der Waals surface area contributed by atoms with E-state index in [0.29, 0.717) is 6.42 Å². The molecule has 0 aliphatic carbocycles. The number of rotatable bonds is 8. The molecule has 10 heteroatoms. The van der Waals surface area contributed by atoms with Gasteiger partial charge in [0.2, 0.25) is 0 Å². The summed E-state index contributed by atoms with van der Waals surface area (Å²) in [5, 5.41) is 9.10. The molecule has 10 nitrogen and oxygen atoms in total. The number of nitrogens with zero attached hydrogens (tertiary/aromatic N) is 2. The molecular weight excluding hydrogens is 416 g/mol. The van der Waals surface area contributed by atoms with Crippen LogP contribution in [-0.2, 0) is 25.5 Å². The summed E-state index contributed by atoms with van der Waals surface area (Å²) >= 11 is 0. The highest BCUT2D eigenvalue weighted by Crippen LogP contribution is 2.20. The van der Waals surface area contributed by atoms with Crippen molar-refractivity contribution >= 4 is 23.9 Å². The predicted octanol–water partition coefficient (Wildman–Crippen LogP) is 1.99. The molecule has 0 saturated carbocycles. The second-order valence-corrected chi connectivity index (χ2v) is 7.44. The summed E-state index contributed by atoms with van der Waals surface area (Å²) in [6, 6.07) is 5.75. The predicted molar refractivity (Wildman–Crippen MR) is 115 cm³/mol. The minimum absolute atomic E-state index is 0.130. The normalized spacial score (nSPS) is 10.6. The molecule has 0 aliphatic heterocycles. The summed E-state index contributed by atoms with van der Waals surface area (Å²) in [5.41, 5.74) is 3.64. The van der Waals surface area contributed by atoms with E-state index in [9.17, 15) is 19.2 Å². The molecule has 1 aromatic heterocycles. The Balaban J connectivity index is 1.99. The van der Waals surface area contributed by atoms with E-state index in [2.05, 4.69) is 15.7 Å². The molecule has 0 spiro atoms. The lowest BCUT2D eigenvalue weighted by Gasteiger charge is -2.10. The largest absolute Gasteiger partial charge is 0.469 e. The van der Waals surface area contributed by atoms with E-state index in [4.69, 9.17) is 9.47 Å². The van der Waals surface area contributed by atoms with E-state index in [0.717, 1.165) is 22.6 Å². The molecule has 0 radical (unpaired) electrons. The van der Waals surface area contributed by atoms with Gasteiger partial charge in [0.25, 0.3) is 5.91 Å². The molecule has 2 aromatic rings. The SMILES string of the molecule is COC(=O)CCc1c(C)nn(-c2ccc(C(=O)OCC(=O)NC(=O)NC(C)C)cc2)c1C. The van der Waals surface area contributed by atoms with Crippen LogP contribution < -0.4 is 10.6 Å². The van der Waals surface area contributed by atoms with Gasteiger partial charge in [-0.2, -0.15) is 5.10 Å². The molecule has 1 aromatic carbocycles. The van der Waals surface area contributed by atoms with Crippen LogP contribution in [0.5, 0.6) is 0 Å². The molecule has 3 amide bonds. The zero-order valence-electron chi connectivity index (χ0n) is 18.9. The Bertz CT molecular complexity index is 995. The third kappa shape index (κ3) is 6.66. The molecule has 2 N–H and O–H groups in total. The number of imide groups is 1. The molecule has 0 bridgehead atoms. The van der Waals surface area contributed by atoms with E-state index >= 15 is 0 Å². The molecule has 172 valence electrons. The number of methoxy groups -OCH3 is 1. The number of ether oxygens (including phenoxy) is 2. The molecule has 0 unspecified atom stereocenters. The van der Waals surface area contributed by atoms with Crippen LogP contribution in [0, 0.1) is 13.8 Å². The van der Waals surface area contributed by atoms with Crippen LogP contribution in [0.25, 0.3) is 5.69 Å². The number of esters is 2. The van der Waals surface area contributed by atoms with Crippen molar-refractivity contribution in [3.05, 3.63) is 46.8 Å². The third-order valence-electron chi connectivity index (χ3n) is 4.60. The summed E-state index contributed by atoms with van der Waals surface area (Å²) in [5.74, 6) is -1.70. The average molecular weight is 444 g/mol. The second kappa shape index (κ2) is 11.1. The first-order chi connectivity index (χ1) is 15.1. The first-order valence-corrected chi connectivity index (χ1v) is 10.1. The standard InChI is InChI=1S/C22H28N4O6/c1-13(2)23-22(30)24-19(27)12-32-21(29)16-6-8-17(9-7-16)26-15(4)18(14(3)25-26)10-11-20(28)31-5/h6-9,13H,10-12H2,1-5H3,(H2,23,24,27,30). The first kappa shape index (κ1) is 24.6. The number of aromatic nitrogens is 2. The van der Waals surface area contributed by atoms with E-state index in [1.54, 1.807) is 42.8 Å². The van der Waals surface area contributed by atoms with Gasteiger partial charge in [-0.3, -0.25) is 14.9 Å². The van der Waals surface area contributed by atoms with Crippen molar-refractivity contribution in [2.24, 2.45) is 0 Å². The number of nitrogens with one attached hydrogen (secondary N) is 2. The fraction of sp³-hybridized carbons (Fsp3) is 0.409. The van der Waals surface area contributed by atoms with Crippen molar-refractivity contribution in [2.75, 3.05) is 13.7 Å². The minimum atomic E-state index is -0.727. The van der Waals surface area contributed by atoms with Crippen molar-refractivity contribution < 1.29 is 28.7 Å².